The zero-order valence-electron chi connectivity index (χ0n) is 15.8. The lowest BCUT2D eigenvalue weighted by atomic mass is 9.92. The van der Waals surface area contributed by atoms with Crippen LogP contribution < -0.4 is 16.8 Å². The Morgan fingerprint density at radius 2 is 2.11 bits per heavy atom. The molecule has 0 saturated carbocycles. The first-order valence-electron chi connectivity index (χ1n) is 8.97. The van der Waals surface area contributed by atoms with Gasteiger partial charge in [0.05, 0.1) is 34.9 Å². The Bertz CT molecular complexity index is 922. The highest BCUT2D eigenvalue weighted by Crippen LogP contribution is 2.33. The third kappa shape index (κ3) is 3.53. The Labute approximate surface area is 162 Å². The molecular formula is C18H24N8O2. The fourth-order valence-corrected chi connectivity index (χ4v) is 3.51. The molecule has 10 heteroatoms. The van der Waals surface area contributed by atoms with Gasteiger partial charge < -0.3 is 27.1 Å². The number of amides is 2. The number of likely N-dealkylation sites (tertiary alicyclic amines) is 1. The molecule has 28 heavy (non-hydrogen) atoms. The van der Waals surface area contributed by atoms with E-state index in [0.29, 0.717) is 6.54 Å². The summed E-state index contributed by atoms with van der Waals surface area (Å²) < 4.78 is 1.72. The molecule has 0 radical (unpaired) electrons. The van der Waals surface area contributed by atoms with Gasteiger partial charge in [-0.25, -0.2) is 4.98 Å². The van der Waals surface area contributed by atoms with E-state index >= 15 is 0 Å². The number of nitrogen functional groups attached to an aromatic ring is 2. The third-order valence-electron chi connectivity index (χ3n) is 5.05. The van der Waals surface area contributed by atoms with Gasteiger partial charge in [0.1, 0.15) is 5.82 Å². The average Bonchev–Trinajstić information content (AvgIpc) is 3.09. The van der Waals surface area contributed by atoms with E-state index in [2.05, 4.69) is 22.3 Å². The summed E-state index contributed by atoms with van der Waals surface area (Å²) in [6.45, 7) is 2.53. The molecule has 0 bridgehead atoms. The molecule has 0 unspecified atom stereocenters. The summed E-state index contributed by atoms with van der Waals surface area (Å²) in [6.07, 6.45) is 5.62. The zero-order chi connectivity index (χ0) is 20.4. The minimum atomic E-state index is -0.810. The second-order valence-corrected chi connectivity index (χ2v) is 7.02. The Kier molecular flexibility index (Phi) is 5.30. The van der Waals surface area contributed by atoms with Crippen LogP contribution in [0.4, 0.5) is 17.2 Å². The number of aryl methyl sites for hydroxylation is 1. The number of hydrogen-bond donors (Lipinski definition) is 4. The molecule has 10 nitrogen and oxygen atoms in total. The summed E-state index contributed by atoms with van der Waals surface area (Å²) in [6, 6.07) is 1.64. The van der Waals surface area contributed by atoms with E-state index in [4.69, 9.17) is 16.9 Å². The lowest BCUT2D eigenvalue weighted by Gasteiger charge is -2.38. The number of carbonyl (C=O) groups is 2. The van der Waals surface area contributed by atoms with Crippen molar-refractivity contribution in [3.63, 3.8) is 0 Å². The van der Waals surface area contributed by atoms with Crippen molar-refractivity contribution in [2.24, 2.45) is 13.0 Å². The number of nitrogens with two attached hydrogens (primary N) is 2. The highest BCUT2D eigenvalue weighted by molar-refractivity contribution is 6.40. The van der Waals surface area contributed by atoms with Crippen molar-refractivity contribution < 1.29 is 9.59 Å². The van der Waals surface area contributed by atoms with Crippen molar-refractivity contribution in [3.8, 4) is 0 Å². The third-order valence-corrected chi connectivity index (χ3v) is 5.05. The number of anilines is 3. The number of piperidine rings is 1. The number of carbonyl (C=O) groups excluding carboxylic acids is 2. The molecule has 0 spiro atoms. The van der Waals surface area contributed by atoms with Gasteiger partial charge in [-0.3, -0.25) is 14.3 Å². The van der Waals surface area contributed by atoms with Gasteiger partial charge in [-0.1, -0.05) is 6.92 Å². The molecule has 1 aliphatic heterocycles. The van der Waals surface area contributed by atoms with Gasteiger partial charge in [0.25, 0.3) is 0 Å². The predicted molar refractivity (Wildman–Crippen MR) is 106 cm³/mol. The van der Waals surface area contributed by atoms with Crippen LogP contribution in [-0.2, 0) is 16.6 Å². The van der Waals surface area contributed by atoms with Crippen LogP contribution >= 0.6 is 0 Å². The summed E-state index contributed by atoms with van der Waals surface area (Å²) in [5.74, 6) is -1.09. The molecule has 1 aliphatic rings. The second kappa shape index (κ2) is 7.67. The molecule has 6 N–H and O–H groups in total. The number of nitrogens with zero attached hydrogens (tertiary/aromatic N) is 4. The van der Waals surface area contributed by atoms with Crippen molar-refractivity contribution in [3.05, 3.63) is 29.7 Å². The first kappa shape index (κ1) is 19.3. The molecule has 1 saturated heterocycles. The minimum Gasteiger partial charge on any atom is -0.396 e. The molecule has 0 aromatic carbocycles. The lowest BCUT2D eigenvalue weighted by molar-refractivity contribution is -0.146. The fourth-order valence-electron chi connectivity index (χ4n) is 3.51. The fraction of sp³-hybridized carbons (Fsp3) is 0.389. The molecule has 2 aromatic heterocycles. The van der Waals surface area contributed by atoms with Gasteiger partial charge in [0.2, 0.25) is 0 Å². The number of aromatic nitrogens is 3. The minimum absolute atomic E-state index is 0.0814. The van der Waals surface area contributed by atoms with Crippen LogP contribution in [0.2, 0.25) is 0 Å². The van der Waals surface area contributed by atoms with E-state index < -0.39 is 11.8 Å². The van der Waals surface area contributed by atoms with Crippen molar-refractivity contribution in [2.45, 2.75) is 25.8 Å². The Hall–Kier alpha value is -3.43. The summed E-state index contributed by atoms with van der Waals surface area (Å²) in [7, 11) is 1.82. The van der Waals surface area contributed by atoms with Crippen LogP contribution in [-0.4, -0.2) is 44.2 Å². The first-order chi connectivity index (χ1) is 13.3. The molecule has 3 rings (SSSR count). The van der Waals surface area contributed by atoms with Crippen LogP contribution in [0.3, 0.4) is 0 Å². The van der Waals surface area contributed by atoms with E-state index in [1.165, 1.54) is 6.20 Å². The lowest BCUT2D eigenvalue weighted by Crippen LogP contribution is -2.47. The maximum Gasteiger partial charge on any atom is 0.314 e. The first-order valence-corrected chi connectivity index (χ1v) is 8.97. The van der Waals surface area contributed by atoms with Gasteiger partial charge in [0, 0.05) is 26.0 Å². The molecule has 2 aromatic rings. The van der Waals surface area contributed by atoms with Gasteiger partial charge >= 0.3 is 11.8 Å². The summed E-state index contributed by atoms with van der Waals surface area (Å²) >= 11 is 0. The topological polar surface area (TPSA) is 156 Å². The normalized spacial score (nSPS) is 19.3. The molecule has 148 valence electrons. The Morgan fingerprint density at radius 3 is 2.75 bits per heavy atom. The van der Waals surface area contributed by atoms with E-state index in [0.717, 1.165) is 24.8 Å². The van der Waals surface area contributed by atoms with Gasteiger partial charge in [-0.2, -0.15) is 5.10 Å². The van der Waals surface area contributed by atoms with Gasteiger partial charge in [0.15, 0.2) is 0 Å². The van der Waals surface area contributed by atoms with Crippen molar-refractivity contribution in [1.29, 1.82) is 5.41 Å². The van der Waals surface area contributed by atoms with Crippen LogP contribution in [0.1, 0.15) is 37.1 Å². The maximum atomic E-state index is 13.0. The van der Waals surface area contributed by atoms with Crippen molar-refractivity contribution >= 4 is 35.2 Å². The summed E-state index contributed by atoms with van der Waals surface area (Å²) in [5, 5.41) is 14.1. The summed E-state index contributed by atoms with van der Waals surface area (Å²) in [5.41, 5.74) is 12.9. The molecule has 0 aliphatic carbocycles. The number of rotatable bonds is 3. The number of pyridine rings is 1. The Morgan fingerprint density at radius 1 is 1.36 bits per heavy atom. The number of hydrogen-bond acceptors (Lipinski definition) is 7. The zero-order valence-corrected chi connectivity index (χ0v) is 15.8. The van der Waals surface area contributed by atoms with Crippen molar-refractivity contribution in [2.75, 3.05) is 23.3 Å². The van der Waals surface area contributed by atoms with Crippen LogP contribution in [0.5, 0.6) is 0 Å². The molecule has 2 amide bonds. The molecular weight excluding hydrogens is 360 g/mol. The predicted octanol–water partition coefficient (Wildman–Crippen LogP) is 0.915. The quantitative estimate of drug-likeness (QED) is 0.455. The van der Waals surface area contributed by atoms with Crippen LogP contribution in [0.15, 0.2) is 18.5 Å². The maximum absolute atomic E-state index is 13.0. The highest BCUT2D eigenvalue weighted by atomic mass is 16.2. The molecule has 2 atom stereocenters. The Balaban J connectivity index is 1.84. The van der Waals surface area contributed by atoms with E-state index in [-0.39, 0.29) is 34.7 Å². The molecule has 1 fully saturated rings. The second-order valence-electron chi connectivity index (χ2n) is 7.02. The number of nitrogens with one attached hydrogen (secondary N) is 2. The van der Waals surface area contributed by atoms with E-state index in [1.54, 1.807) is 15.8 Å². The van der Waals surface area contributed by atoms with E-state index in [9.17, 15) is 9.59 Å². The van der Waals surface area contributed by atoms with E-state index in [1.807, 2.05) is 13.1 Å². The van der Waals surface area contributed by atoms with Gasteiger partial charge in [-0.15, -0.1) is 0 Å². The smallest absolute Gasteiger partial charge is 0.314 e. The van der Waals surface area contributed by atoms with Crippen LogP contribution in [0, 0.1) is 11.3 Å². The monoisotopic (exact) mass is 384 g/mol. The highest BCUT2D eigenvalue weighted by Gasteiger charge is 2.35. The molecule has 3 heterocycles. The van der Waals surface area contributed by atoms with Crippen molar-refractivity contribution in [1.82, 2.24) is 19.7 Å². The largest absolute Gasteiger partial charge is 0.396 e. The average molecular weight is 384 g/mol. The van der Waals surface area contributed by atoms with Gasteiger partial charge in [-0.05, 0) is 24.8 Å². The standard InChI is InChI=1S/C18H24N8O2/c1-10-3-4-14(13-5-6-23-25(13)2)26(9-10)18(28)17(27)24-12-8-22-16(21)11(7-19)15(12)20/h5-8,10,14,19H,3-4,9H2,1-2H3,(H,24,27)(H4,20,21,22)/t10-,14-/m0/s1. The van der Waals surface area contributed by atoms with Crippen LogP contribution in [0.25, 0.3) is 0 Å². The summed E-state index contributed by atoms with van der Waals surface area (Å²) in [4.78, 5) is 31.1. The SMILES string of the molecule is C[C@H]1CC[C@@H](c2ccnn2C)N(C(=O)C(=O)Nc2cnc(N)c(C=N)c2N)C1.